The summed E-state index contributed by atoms with van der Waals surface area (Å²) >= 11 is 0. The van der Waals surface area contributed by atoms with Gasteiger partial charge in [-0.3, -0.25) is 0 Å². The average Bonchev–Trinajstić information content (AvgIpc) is 2.28. The van der Waals surface area contributed by atoms with Crippen LogP contribution in [0.3, 0.4) is 0 Å². The summed E-state index contributed by atoms with van der Waals surface area (Å²) in [5.41, 5.74) is 1.45. The molecule has 0 amide bonds. The Morgan fingerprint density at radius 1 is 1.47 bits per heavy atom. The Bertz CT molecular complexity index is 391. The SMILES string of the molecule is CCOc1ccc(C#N)cc1/C=C/OC. The van der Waals surface area contributed by atoms with Gasteiger partial charge in [-0.25, -0.2) is 0 Å². The maximum atomic E-state index is 8.76. The van der Waals surface area contributed by atoms with Crippen LogP contribution in [0.5, 0.6) is 5.75 Å². The van der Waals surface area contributed by atoms with E-state index in [2.05, 4.69) is 6.07 Å². The highest BCUT2D eigenvalue weighted by atomic mass is 16.5. The predicted molar refractivity (Wildman–Crippen MR) is 58.4 cm³/mol. The largest absolute Gasteiger partial charge is 0.504 e. The molecule has 1 aromatic carbocycles. The van der Waals surface area contributed by atoms with Crippen LogP contribution in [-0.4, -0.2) is 13.7 Å². The second kappa shape index (κ2) is 5.71. The molecule has 0 heterocycles. The molecule has 0 aliphatic rings. The van der Waals surface area contributed by atoms with Crippen LogP contribution < -0.4 is 4.74 Å². The summed E-state index contributed by atoms with van der Waals surface area (Å²) in [6.07, 6.45) is 3.32. The van der Waals surface area contributed by atoms with Crippen LogP contribution >= 0.6 is 0 Å². The van der Waals surface area contributed by atoms with Crippen LogP contribution in [0, 0.1) is 11.3 Å². The van der Waals surface area contributed by atoms with Crippen molar-refractivity contribution in [3.63, 3.8) is 0 Å². The molecule has 1 rings (SSSR count). The molecule has 0 aliphatic heterocycles. The van der Waals surface area contributed by atoms with Gasteiger partial charge in [0.15, 0.2) is 0 Å². The van der Waals surface area contributed by atoms with Gasteiger partial charge < -0.3 is 9.47 Å². The third-order valence-corrected chi connectivity index (χ3v) is 1.82. The lowest BCUT2D eigenvalue weighted by Crippen LogP contribution is -1.94. The Kier molecular flexibility index (Phi) is 4.24. The van der Waals surface area contributed by atoms with Crippen molar-refractivity contribution < 1.29 is 9.47 Å². The Morgan fingerprint density at radius 2 is 2.27 bits per heavy atom. The lowest BCUT2D eigenvalue weighted by molar-refractivity contribution is 0.336. The topological polar surface area (TPSA) is 42.2 Å². The fraction of sp³-hybridized carbons (Fsp3) is 0.250. The van der Waals surface area contributed by atoms with Crippen LogP contribution in [0.4, 0.5) is 0 Å². The van der Waals surface area contributed by atoms with E-state index in [0.29, 0.717) is 12.2 Å². The fourth-order valence-electron chi connectivity index (χ4n) is 1.18. The Balaban J connectivity index is 3.05. The number of methoxy groups -OCH3 is 1. The van der Waals surface area contributed by atoms with E-state index in [1.807, 2.05) is 6.92 Å². The van der Waals surface area contributed by atoms with Crippen LogP contribution in [0.1, 0.15) is 18.1 Å². The van der Waals surface area contributed by atoms with Crippen LogP contribution in [0.25, 0.3) is 6.08 Å². The van der Waals surface area contributed by atoms with Crippen molar-refractivity contribution in [3.8, 4) is 11.8 Å². The van der Waals surface area contributed by atoms with Gasteiger partial charge in [0.05, 0.1) is 31.6 Å². The van der Waals surface area contributed by atoms with Crippen LogP contribution in [0.15, 0.2) is 24.5 Å². The summed E-state index contributed by atoms with van der Waals surface area (Å²) in [6, 6.07) is 7.37. The van der Waals surface area contributed by atoms with Crippen molar-refractivity contribution in [1.29, 1.82) is 5.26 Å². The van der Waals surface area contributed by atoms with E-state index in [0.717, 1.165) is 11.3 Å². The molecule has 3 heteroatoms. The van der Waals surface area contributed by atoms with Gasteiger partial charge in [-0.2, -0.15) is 5.26 Å². The minimum atomic E-state index is 0.597. The molecule has 3 nitrogen and oxygen atoms in total. The van der Waals surface area contributed by atoms with E-state index in [1.54, 1.807) is 37.6 Å². The molecule has 0 bridgehead atoms. The molecule has 0 aromatic heterocycles. The van der Waals surface area contributed by atoms with Gasteiger partial charge in [0, 0.05) is 5.56 Å². The summed E-state index contributed by atoms with van der Waals surface area (Å²) < 4.78 is 10.3. The zero-order valence-corrected chi connectivity index (χ0v) is 8.86. The standard InChI is InChI=1S/C12H13NO2/c1-3-15-12-5-4-10(9-13)8-11(12)6-7-14-2/h4-8H,3H2,1-2H3/b7-6+. The zero-order chi connectivity index (χ0) is 11.1. The van der Waals surface area contributed by atoms with Gasteiger partial charge in [0.25, 0.3) is 0 Å². The Labute approximate surface area is 89.6 Å². The maximum Gasteiger partial charge on any atom is 0.126 e. The summed E-state index contributed by atoms with van der Waals surface area (Å²) in [6.45, 7) is 2.52. The zero-order valence-electron chi connectivity index (χ0n) is 8.86. The Morgan fingerprint density at radius 3 is 2.87 bits per heavy atom. The summed E-state index contributed by atoms with van der Waals surface area (Å²) in [7, 11) is 1.57. The minimum absolute atomic E-state index is 0.597. The molecule has 15 heavy (non-hydrogen) atoms. The summed E-state index contributed by atoms with van der Waals surface area (Å²) in [4.78, 5) is 0. The smallest absolute Gasteiger partial charge is 0.126 e. The molecular formula is C12H13NO2. The first-order valence-electron chi connectivity index (χ1n) is 4.68. The monoisotopic (exact) mass is 203 g/mol. The van der Waals surface area contributed by atoms with Crippen molar-refractivity contribution >= 4 is 6.08 Å². The molecule has 0 spiro atoms. The van der Waals surface area contributed by atoms with E-state index in [4.69, 9.17) is 14.7 Å². The summed E-state index contributed by atoms with van der Waals surface area (Å²) in [5, 5.41) is 8.76. The minimum Gasteiger partial charge on any atom is -0.504 e. The Hall–Kier alpha value is -1.95. The highest BCUT2D eigenvalue weighted by Crippen LogP contribution is 2.21. The first-order chi connectivity index (χ1) is 7.31. The van der Waals surface area contributed by atoms with Crippen molar-refractivity contribution in [1.82, 2.24) is 0 Å². The number of nitrogens with zero attached hydrogens (tertiary/aromatic N) is 1. The van der Waals surface area contributed by atoms with Crippen LogP contribution in [-0.2, 0) is 4.74 Å². The highest BCUT2D eigenvalue weighted by molar-refractivity contribution is 5.59. The van der Waals surface area contributed by atoms with Crippen LogP contribution in [0.2, 0.25) is 0 Å². The predicted octanol–water partition coefficient (Wildman–Crippen LogP) is 2.57. The first-order valence-corrected chi connectivity index (χ1v) is 4.68. The molecular weight excluding hydrogens is 190 g/mol. The van der Waals surface area contributed by atoms with E-state index < -0.39 is 0 Å². The third-order valence-electron chi connectivity index (χ3n) is 1.82. The molecule has 0 unspecified atom stereocenters. The first kappa shape index (κ1) is 11.1. The molecule has 1 aromatic rings. The molecule has 0 saturated heterocycles. The highest BCUT2D eigenvalue weighted by Gasteiger charge is 2.01. The molecule has 0 atom stereocenters. The second-order valence-electron chi connectivity index (χ2n) is 2.84. The fourth-order valence-corrected chi connectivity index (χ4v) is 1.18. The number of hydrogen-bond acceptors (Lipinski definition) is 3. The lowest BCUT2D eigenvalue weighted by Gasteiger charge is -2.06. The van der Waals surface area contributed by atoms with Gasteiger partial charge in [-0.05, 0) is 31.2 Å². The number of benzene rings is 1. The van der Waals surface area contributed by atoms with Gasteiger partial charge in [0.2, 0.25) is 0 Å². The average molecular weight is 203 g/mol. The van der Waals surface area contributed by atoms with Crippen molar-refractivity contribution in [3.05, 3.63) is 35.6 Å². The number of rotatable bonds is 4. The molecule has 0 radical (unpaired) electrons. The van der Waals surface area contributed by atoms with Gasteiger partial charge in [-0.1, -0.05) is 0 Å². The van der Waals surface area contributed by atoms with E-state index in [1.165, 1.54) is 0 Å². The maximum absolute atomic E-state index is 8.76. The lowest BCUT2D eigenvalue weighted by atomic mass is 10.1. The quantitative estimate of drug-likeness (QED) is 0.706. The number of ether oxygens (including phenoxy) is 2. The van der Waals surface area contributed by atoms with Gasteiger partial charge in [0.1, 0.15) is 5.75 Å². The van der Waals surface area contributed by atoms with Crippen molar-refractivity contribution in [2.75, 3.05) is 13.7 Å². The molecule has 78 valence electrons. The van der Waals surface area contributed by atoms with Gasteiger partial charge in [-0.15, -0.1) is 0 Å². The number of hydrogen-bond donors (Lipinski definition) is 0. The van der Waals surface area contributed by atoms with E-state index in [9.17, 15) is 0 Å². The molecule has 0 N–H and O–H groups in total. The molecule has 0 saturated carbocycles. The van der Waals surface area contributed by atoms with E-state index in [-0.39, 0.29) is 0 Å². The second-order valence-corrected chi connectivity index (χ2v) is 2.84. The molecule has 0 fully saturated rings. The van der Waals surface area contributed by atoms with E-state index >= 15 is 0 Å². The third kappa shape index (κ3) is 3.03. The molecule has 0 aliphatic carbocycles. The van der Waals surface area contributed by atoms with Gasteiger partial charge >= 0.3 is 0 Å². The normalized spacial score (nSPS) is 9.93. The summed E-state index contributed by atoms with van der Waals surface area (Å²) in [5.74, 6) is 0.754. The van der Waals surface area contributed by atoms with Crippen molar-refractivity contribution in [2.45, 2.75) is 6.92 Å². The number of nitriles is 1. The van der Waals surface area contributed by atoms with Crippen molar-refractivity contribution in [2.24, 2.45) is 0 Å².